The fraction of sp³-hybridized carbons (Fsp3) is 0.417. The van der Waals surface area contributed by atoms with Crippen molar-refractivity contribution in [1.29, 1.82) is 0 Å². The SMILES string of the molecule is CCC(C)[C@H](N)C(=O)Nc1ccc(C(=O)O)nc1. The molecule has 1 aromatic rings. The molecule has 6 heteroatoms. The zero-order valence-electron chi connectivity index (χ0n) is 10.4. The maximum Gasteiger partial charge on any atom is 0.354 e. The van der Waals surface area contributed by atoms with Crippen LogP contribution in [0.3, 0.4) is 0 Å². The summed E-state index contributed by atoms with van der Waals surface area (Å²) in [6, 6.07) is 2.22. The van der Waals surface area contributed by atoms with Gasteiger partial charge >= 0.3 is 5.97 Å². The fourth-order valence-electron chi connectivity index (χ4n) is 1.33. The molecule has 6 nitrogen and oxygen atoms in total. The summed E-state index contributed by atoms with van der Waals surface area (Å²) in [6.45, 7) is 3.86. The monoisotopic (exact) mass is 251 g/mol. The number of anilines is 1. The van der Waals surface area contributed by atoms with Crippen LogP contribution in [-0.4, -0.2) is 28.0 Å². The van der Waals surface area contributed by atoms with Gasteiger partial charge in [0.1, 0.15) is 5.69 Å². The van der Waals surface area contributed by atoms with E-state index in [1.807, 2.05) is 13.8 Å². The van der Waals surface area contributed by atoms with Crippen molar-refractivity contribution in [3.63, 3.8) is 0 Å². The van der Waals surface area contributed by atoms with Gasteiger partial charge in [0.25, 0.3) is 0 Å². The molecule has 0 fully saturated rings. The van der Waals surface area contributed by atoms with Gasteiger partial charge in [-0.1, -0.05) is 20.3 Å². The highest BCUT2D eigenvalue weighted by molar-refractivity contribution is 5.95. The van der Waals surface area contributed by atoms with Gasteiger partial charge in [0.15, 0.2) is 0 Å². The molecule has 2 atom stereocenters. The molecule has 98 valence electrons. The molecule has 0 aliphatic carbocycles. The Morgan fingerprint density at radius 3 is 2.61 bits per heavy atom. The van der Waals surface area contributed by atoms with Crippen LogP contribution in [0.2, 0.25) is 0 Å². The van der Waals surface area contributed by atoms with Crippen molar-refractivity contribution < 1.29 is 14.7 Å². The van der Waals surface area contributed by atoms with Gasteiger partial charge in [-0.3, -0.25) is 4.79 Å². The zero-order chi connectivity index (χ0) is 13.7. The Morgan fingerprint density at radius 2 is 2.17 bits per heavy atom. The van der Waals surface area contributed by atoms with E-state index >= 15 is 0 Å². The average molecular weight is 251 g/mol. The molecular weight excluding hydrogens is 234 g/mol. The summed E-state index contributed by atoms with van der Waals surface area (Å²) >= 11 is 0. The van der Waals surface area contributed by atoms with Crippen LogP contribution in [0.4, 0.5) is 5.69 Å². The first-order valence-corrected chi connectivity index (χ1v) is 5.71. The highest BCUT2D eigenvalue weighted by Crippen LogP contribution is 2.10. The first kappa shape index (κ1) is 14.1. The number of aromatic nitrogens is 1. The molecule has 1 heterocycles. The molecule has 4 N–H and O–H groups in total. The van der Waals surface area contributed by atoms with Crippen LogP contribution in [0.5, 0.6) is 0 Å². The van der Waals surface area contributed by atoms with Gasteiger partial charge in [0.05, 0.1) is 17.9 Å². The number of nitrogens with zero attached hydrogens (tertiary/aromatic N) is 1. The molecule has 1 rings (SSSR count). The van der Waals surface area contributed by atoms with E-state index in [1.54, 1.807) is 0 Å². The number of hydrogen-bond donors (Lipinski definition) is 3. The third-order valence-electron chi connectivity index (χ3n) is 2.81. The third-order valence-corrected chi connectivity index (χ3v) is 2.81. The summed E-state index contributed by atoms with van der Waals surface area (Å²) in [6.07, 6.45) is 2.11. The fourth-order valence-corrected chi connectivity index (χ4v) is 1.33. The van der Waals surface area contributed by atoms with Crippen LogP contribution in [0, 0.1) is 5.92 Å². The van der Waals surface area contributed by atoms with E-state index in [1.165, 1.54) is 18.3 Å². The van der Waals surface area contributed by atoms with Crippen molar-refractivity contribution in [1.82, 2.24) is 4.98 Å². The van der Waals surface area contributed by atoms with E-state index in [2.05, 4.69) is 10.3 Å². The molecule has 1 unspecified atom stereocenters. The number of nitrogens with two attached hydrogens (primary N) is 1. The number of nitrogens with one attached hydrogen (secondary N) is 1. The topological polar surface area (TPSA) is 105 Å². The highest BCUT2D eigenvalue weighted by Gasteiger charge is 2.19. The molecule has 0 aliphatic rings. The molecule has 0 saturated carbocycles. The molecule has 1 aromatic heterocycles. The zero-order valence-corrected chi connectivity index (χ0v) is 10.4. The molecule has 0 bridgehead atoms. The van der Waals surface area contributed by atoms with E-state index in [9.17, 15) is 9.59 Å². The molecule has 1 amide bonds. The Hall–Kier alpha value is -1.95. The van der Waals surface area contributed by atoms with Gasteiger partial charge in [0.2, 0.25) is 5.91 Å². The smallest absolute Gasteiger partial charge is 0.354 e. The number of carboxylic acid groups (broad SMARTS) is 1. The predicted molar refractivity (Wildman–Crippen MR) is 67.3 cm³/mol. The van der Waals surface area contributed by atoms with Crippen LogP contribution in [0.25, 0.3) is 0 Å². The Labute approximate surface area is 105 Å². The van der Waals surface area contributed by atoms with Crippen LogP contribution in [0.1, 0.15) is 30.8 Å². The summed E-state index contributed by atoms with van der Waals surface area (Å²) < 4.78 is 0. The quantitative estimate of drug-likeness (QED) is 0.726. The maximum absolute atomic E-state index is 11.8. The summed E-state index contributed by atoms with van der Waals surface area (Å²) in [5.74, 6) is -1.32. The Kier molecular flexibility index (Phi) is 4.79. The van der Waals surface area contributed by atoms with Crippen molar-refractivity contribution in [3.8, 4) is 0 Å². The second-order valence-electron chi connectivity index (χ2n) is 4.14. The lowest BCUT2D eigenvalue weighted by Gasteiger charge is -2.17. The largest absolute Gasteiger partial charge is 0.477 e. The molecule has 0 spiro atoms. The van der Waals surface area contributed by atoms with Crippen LogP contribution < -0.4 is 11.1 Å². The number of aromatic carboxylic acids is 1. The summed E-state index contributed by atoms with van der Waals surface area (Å²) in [7, 11) is 0. The van der Waals surface area contributed by atoms with Crippen molar-refractivity contribution in [3.05, 3.63) is 24.0 Å². The standard InChI is InChI=1S/C12H17N3O3/c1-3-7(2)10(13)11(16)15-8-4-5-9(12(17)18)14-6-8/h4-7,10H,3,13H2,1-2H3,(H,15,16)(H,17,18)/t7?,10-/m0/s1. The Bertz CT molecular complexity index is 431. The number of rotatable bonds is 5. The molecule has 0 radical (unpaired) electrons. The summed E-state index contributed by atoms with van der Waals surface area (Å²) in [5, 5.41) is 11.3. The van der Waals surface area contributed by atoms with Crippen molar-refractivity contribution in [2.75, 3.05) is 5.32 Å². The van der Waals surface area contributed by atoms with Crippen molar-refractivity contribution in [2.24, 2.45) is 11.7 Å². The van der Waals surface area contributed by atoms with Crippen LogP contribution in [-0.2, 0) is 4.79 Å². The minimum absolute atomic E-state index is 0.0702. The molecular formula is C12H17N3O3. The van der Waals surface area contributed by atoms with E-state index < -0.39 is 12.0 Å². The second kappa shape index (κ2) is 6.11. The number of carbonyl (C=O) groups excluding carboxylic acids is 1. The lowest BCUT2D eigenvalue weighted by atomic mass is 9.99. The minimum Gasteiger partial charge on any atom is -0.477 e. The maximum atomic E-state index is 11.8. The normalized spacial score (nSPS) is 13.7. The van der Waals surface area contributed by atoms with Crippen molar-refractivity contribution in [2.45, 2.75) is 26.3 Å². The number of carboxylic acids is 1. The lowest BCUT2D eigenvalue weighted by molar-refractivity contribution is -0.118. The lowest BCUT2D eigenvalue weighted by Crippen LogP contribution is -2.40. The van der Waals surface area contributed by atoms with E-state index in [-0.39, 0.29) is 17.5 Å². The molecule has 0 aliphatic heterocycles. The number of pyridine rings is 1. The predicted octanol–water partition coefficient (Wildman–Crippen LogP) is 1.09. The van der Waals surface area contributed by atoms with Gasteiger partial charge in [0, 0.05) is 0 Å². The van der Waals surface area contributed by atoms with Gasteiger partial charge in [-0.25, -0.2) is 9.78 Å². The van der Waals surface area contributed by atoms with Crippen LogP contribution >= 0.6 is 0 Å². The van der Waals surface area contributed by atoms with E-state index in [0.29, 0.717) is 5.69 Å². The first-order valence-electron chi connectivity index (χ1n) is 5.71. The van der Waals surface area contributed by atoms with Crippen LogP contribution in [0.15, 0.2) is 18.3 Å². The van der Waals surface area contributed by atoms with Crippen molar-refractivity contribution >= 4 is 17.6 Å². The number of amides is 1. The van der Waals surface area contributed by atoms with Gasteiger partial charge in [-0.05, 0) is 18.1 Å². The van der Waals surface area contributed by atoms with E-state index in [0.717, 1.165) is 6.42 Å². The molecule has 0 saturated heterocycles. The summed E-state index contributed by atoms with van der Waals surface area (Å²) in [5.41, 5.74) is 6.13. The first-order chi connectivity index (χ1) is 8.45. The third kappa shape index (κ3) is 3.53. The molecule has 0 aromatic carbocycles. The Morgan fingerprint density at radius 1 is 1.50 bits per heavy atom. The average Bonchev–Trinajstić information content (AvgIpc) is 2.37. The molecule has 18 heavy (non-hydrogen) atoms. The van der Waals surface area contributed by atoms with Gasteiger partial charge in [-0.15, -0.1) is 0 Å². The number of carbonyl (C=O) groups is 2. The van der Waals surface area contributed by atoms with Gasteiger partial charge < -0.3 is 16.2 Å². The second-order valence-corrected chi connectivity index (χ2v) is 4.14. The Balaban J connectivity index is 2.67. The summed E-state index contributed by atoms with van der Waals surface area (Å²) in [4.78, 5) is 26.1. The highest BCUT2D eigenvalue weighted by atomic mass is 16.4. The van der Waals surface area contributed by atoms with Gasteiger partial charge in [-0.2, -0.15) is 0 Å². The minimum atomic E-state index is -1.11. The number of hydrogen-bond acceptors (Lipinski definition) is 4. The van der Waals surface area contributed by atoms with E-state index in [4.69, 9.17) is 10.8 Å².